The number of rotatable bonds is 2. The van der Waals surface area contributed by atoms with Crippen molar-refractivity contribution in [2.24, 2.45) is 5.73 Å². The number of amides is 1. The molecule has 0 bridgehead atoms. The van der Waals surface area contributed by atoms with Gasteiger partial charge in [-0.05, 0) is 30.3 Å². The van der Waals surface area contributed by atoms with Crippen LogP contribution in [0.25, 0.3) is 5.69 Å². The molecule has 7 heteroatoms. The van der Waals surface area contributed by atoms with Gasteiger partial charge in [0.25, 0.3) is 5.91 Å². The predicted molar refractivity (Wildman–Crippen MR) is 77.1 cm³/mol. The molecule has 102 valence electrons. The first-order chi connectivity index (χ1) is 9.10. The number of carbonyl (C=O) groups is 1. The Kier molecular flexibility index (Phi) is 4.89. The first kappa shape index (κ1) is 15.3. The SMILES string of the molecule is Cl.N#Cc1cc(C(=O)NC(=N)N)cc(-n2cccc2)c1. The minimum atomic E-state index is -0.516. The molecule has 20 heavy (non-hydrogen) atoms. The van der Waals surface area contributed by atoms with Gasteiger partial charge in [-0.3, -0.25) is 15.5 Å². The molecule has 0 aliphatic rings. The van der Waals surface area contributed by atoms with Crippen LogP contribution in [-0.4, -0.2) is 16.4 Å². The molecule has 0 fully saturated rings. The van der Waals surface area contributed by atoms with Crippen LogP contribution in [0, 0.1) is 16.7 Å². The van der Waals surface area contributed by atoms with E-state index in [0.717, 1.165) is 0 Å². The van der Waals surface area contributed by atoms with Crippen LogP contribution in [0.15, 0.2) is 42.7 Å². The molecule has 2 aromatic rings. The van der Waals surface area contributed by atoms with Crippen molar-refractivity contribution >= 4 is 24.3 Å². The molecule has 1 aromatic carbocycles. The summed E-state index contributed by atoms with van der Waals surface area (Å²) in [5.41, 5.74) is 6.44. The Morgan fingerprint density at radius 3 is 2.50 bits per heavy atom. The maximum atomic E-state index is 11.8. The van der Waals surface area contributed by atoms with E-state index in [-0.39, 0.29) is 18.0 Å². The largest absolute Gasteiger partial charge is 0.370 e. The molecular formula is C13H12ClN5O. The molecule has 0 saturated carbocycles. The molecule has 0 radical (unpaired) electrons. The summed E-state index contributed by atoms with van der Waals surface area (Å²) in [4.78, 5) is 11.8. The number of carbonyl (C=O) groups excluding carboxylic acids is 1. The average Bonchev–Trinajstić information content (AvgIpc) is 2.91. The normalized spacial score (nSPS) is 9.15. The van der Waals surface area contributed by atoms with E-state index in [1.807, 2.05) is 30.6 Å². The Morgan fingerprint density at radius 1 is 1.30 bits per heavy atom. The lowest BCUT2D eigenvalue weighted by atomic mass is 10.1. The summed E-state index contributed by atoms with van der Waals surface area (Å²) in [6, 6.07) is 10.4. The summed E-state index contributed by atoms with van der Waals surface area (Å²) in [5, 5.41) is 18.2. The number of nitrogens with two attached hydrogens (primary N) is 1. The highest BCUT2D eigenvalue weighted by Gasteiger charge is 2.10. The second kappa shape index (κ2) is 6.41. The van der Waals surface area contributed by atoms with Crippen LogP contribution in [-0.2, 0) is 0 Å². The Hall–Kier alpha value is -2.78. The van der Waals surface area contributed by atoms with Crippen LogP contribution >= 0.6 is 12.4 Å². The van der Waals surface area contributed by atoms with Gasteiger partial charge in [0.1, 0.15) is 0 Å². The van der Waals surface area contributed by atoms with Gasteiger partial charge in [0.05, 0.1) is 11.6 Å². The van der Waals surface area contributed by atoms with Crippen molar-refractivity contribution in [1.82, 2.24) is 9.88 Å². The smallest absolute Gasteiger partial charge is 0.258 e. The number of nitrogens with one attached hydrogen (secondary N) is 2. The van der Waals surface area contributed by atoms with Crippen molar-refractivity contribution < 1.29 is 4.79 Å². The number of benzene rings is 1. The average molecular weight is 290 g/mol. The minimum absolute atomic E-state index is 0. The third kappa shape index (κ3) is 3.37. The molecule has 0 spiro atoms. The highest BCUT2D eigenvalue weighted by atomic mass is 35.5. The maximum Gasteiger partial charge on any atom is 0.258 e. The quantitative estimate of drug-likeness (QED) is 0.574. The van der Waals surface area contributed by atoms with Crippen LogP contribution in [0.3, 0.4) is 0 Å². The van der Waals surface area contributed by atoms with Crippen molar-refractivity contribution in [3.63, 3.8) is 0 Å². The number of hydrogen-bond donors (Lipinski definition) is 3. The Bertz CT molecular complexity index is 673. The van der Waals surface area contributed by atoms with Crippen LogP contribution < -0.4 is 11.1 Å². The first-order valence-corrected chi connectivity index (χ1v) is 5.44. The third-order valence-electron chi connectivity index (χ3n) is 2.46. The van der Waals surface area contributed by atoms with E-state index in [1.54, 1.807) is 16.7 Å². The predicted octanol–water partition coefficient (Wildman–Crippen LogP) is 1.39. The Balaban J connectivity index is 0.00000200. The molecule has 4 N–H and O–H groups in total. The van der Waals surface area contributed by atoms with Crippen molar-refractivity contribution in [3.8, 4) is 11.8 Å². The van der Waals surface area contributed by atoms with E-state index in [0.29, 0.717) is 11.3 Å². The van der Waals surface area contributed by atoms with Crippen molar-refractivity contribution in [1.29, 1.82) is 10.7 Å². The van der Waals surface area contributed by atoms with Crippen LogP contribution in [0.5, 0.6) is 0 Å². The molecular weight excluding hydrogens is 278 g/mol. The van der Waals surface area contributed by atoms with Crippen molar-refractivity contribution in [2.75, 3.05) is 0 Å². The zero-order valence-corrected chi connectivity index (χ0v) is 11.1. The summed E-state index contributed by atoms with van der Waals surface area (Å²) in [6.45, 7) is 0. The fourth-order valence-corrected chi connectivity index (χ4v) is 1.66. The zero-order chi connectivity index (χ0) is 13.8. The molecule has 0 saturated heterocycles. The number of nitrogens with zero attached hydrogens (tertiary/aromatic N) is 2. The van der Waals surface area contributed by atoms with E-state index in [2.05, 4.69) is 5.32 Å². The van der Waals surface area contributed by atoms with Crippen LogP contribution in [0.2, 0.25) is 0 Å². The standard InChI is InChI=1S/C13H11N5O.ClH/c14-8-9-5-10(12(19)17-13(15)16)7-11(6-9)18-3-1-2-4-18;/h1-7H,(H4,15,16,17,19);1H. The topological polar surface area (TPSA) is 108 Å². The summed E-state index contributed by atoms with van der Waals surface area (Å²) in [5.74, 6) is -0.951. The van der Waals surface area contributed by atoms with Gasteiger partial charge < -0.3 is 10.3 Å². The molecule has 6 nitrogen and oxygen atoms in total. The number of halogens is 1. The summed E-state index contributed by atoms with van der Waals surface area (Å²) in [6.07, 6.45) is 3.62. The van der Waals surface area contributed by atoms with Gasteiger partial charge in [-0.1, -0.05) is 0 Å². The lowest BCUT2D eigenvalue weighted by Crippen LogP contribution is -2.35. The van der Waals surface area contributed by atoms with Crippen LogP contribution in [0.4, 0.5) is 0 Å². The molecule has 0 aliphatic heterocycles. The fourth-order valence-electron chi connectivity index (χ4n) is 1.66. The lowest BCUT2D eigenvalue weighted by Gasteiger charge is -2.07. The maximum absolute atomic E-state index is 11.8. The Morgan fingerprint density at radius 2 is 1.95 bits per heavy atom. The molecule has 0 atom stereocenters. The van der Waals surface area contributed by atoms with Gasteiger partial charge >= 0.3 is 0 Å². The number of aromatic nitrogens is 1. The minimum Gasteiger partial charge on any atom is -0.370 e. The van der Waals surface area contributed by atoms with Gasteiger partial charge in [0.2, 0.25) is 0 Å². The first-order valence-electron chi connectivity index (χ1n) is 5.44. The summed E-state index contributed by atoms with van der Waals surface area (Å²) in [7, 11) is 0. The van der Waals surface area contributed by atoms with Gasteiger partial charge in [0, 0.05) is 23.6 Å². The lowest BCUT2D eigenvalue weighted by molar-refractivity contribution is 0.0976. The molecule has 1 amide bonds. The van der Waals surface area contributed by atoms with Crippen molar-refractivity contribution in [2.45, 2.75) is 0 Å². The number of hydrogen-bond acceptors (Lipinski definition) is 3. The highest BCUT2D eigenvalue weighted by Crippen LogP contribution is 2.14. The molecule has 1 heterocycles. The number of guanidine groups is 1. The molecule has 2 rings (SSSR count). The summed E-state index contributed by atoms with van der Waals surface area (Å²) < 4.78 is 1.78. The van der Waals surface area contributed by atoms with E-state index < -0.39 is 11.9 Å². The summed E-state index contributed by atoms with van der Waals surface area (Å²) >= 11 is 0. The van der Waals surface area contributed by atoms with Gasteiger partial charge in [-0.2, -0.15) is 5.26 Å². The molecule has 0 unspecified atom stereocenters. The van der Waals surface area contributed by atoms with E-state index in [4.69, 9.17) is 16.4 Å². The fraction of sp³-hybridized carbons (Fsp3) is 0. The van der Waals surface area contributed by atoms with Gasteiger partial charge in [0.15, 0.2) is 5.96 Å². The third-order valence-corrected chi connectivity index (χ3v) is 2.46. The highest BCUT2D eigenvalue weighted by molar-refractivity contribution is 6.04. The number of nitriles is 1. The van der Waals surface area contributed by atoms with E-state index >= 15 is 0 Å². The van der Waals surface area contributed by atoms with Gasteiger partial charge in [-0.25, -0.2) is 0 Å². The molecule has 1 aromatic heterocycles. The zero-order valence-electron chi connectivity index (χ0n) is 10.3. The monoisotopic (exact) mass is 289 g/mol. The van der Waals surface area contributed by atoms with Crippen LogP contribution in [0.1, 0.15) is 15.9 Å². The second-order valence-electron chi connectivity index (χ2n) is 3.84. The van der Waals surface area contributed by atoms with Crippen molar-refractivity contribution in [3.05, 3.63) is 53.9 Å². The van der Waals surface area contributed by atoms with Gasteiger partial charge in [-0.15, -0.1) is 12.4 Å². The Labute approximate surface area is 121 Å². The molecule has 0 aliphatic carbocycles. The van der Waals surface area contributed by atoms with E-state index in [1.165, 1.54) is 6.07 Å². The second-order valence-corrected chi connectivity index (χ2v) is 3.84. The van der Waals surface area contributed by atoms with E-state index in [9.17, 15) is 4.79 Å².